The van der Waals surface area contributed by atoms with Crippen LogP contribution in [0.25, 0.3) is 0 Å². The Balaban J connectivity index is 1.80. The molecule has 0 spiro atoms. The molecule has 2 N–H and O–H groups in total. The molecule has 3 nitrogen and oxygen atoms in total. The molecule has 0 saturated heterocycles. The zero-order valence-corrected chi connectivity index (χ0v) is 15.3. The molecule has 0 bridgehead atoms. The van der Waals surface area contributed by atoms with Gasteiger partial charge in [-0.15, -0.1) is 6.42 Å². The minimum Gasteiger partial charge on any atom is -0.389 e. The Morgan fingerprint density at radius 3 is 2.60 bits per heavy atom. The van der Waals surface area contributed by atoms with Crippen molar-refractivity contribution in [2.75, 3.05) is 0 Å². The van der Waals surface area contributed by atoms with Crippen molar-refractivity contribution in [1.82, 2.24) is 0 Å². The normalized spacial score (nSPS) is 51.9. The molecule has 25 heavy (non-hydrogen) atoms. The van der Waals surface area contributed by atoms with E-state index in [1.807, 2.05) is 0 Å². The molecule has 6 atom stereocenters. The van der Waals surface area contributed by atoms with Crippen molar-refractivity contribution >= 4 is 5.78 Å². The first-order valence-corrected chi connectivity index (χ1v) is 9.47. The van der Waals surface area contributed by atoms with Crippen LogP contribution in [0.15, 0.2) is 23.8 Å². The van der Waals surface area contributed by atoms with Crippen molar-refractivity contribution in [3.05, 3.63) is 23.8 Å². The molecule has 3 fully saturated rings. The fraction of sp³-hybridized carbons (Fsp3) is 0.682. The first-order valence-electron chi connectivity index (χ1n) is 9.47. The van der Waals surface area contributed by atoms with E-state index in [0.29, 0.717) is 32.1 Å². The lowest BCUT2D eigenvalue weighted by atomic mass is 9.44. The van der Waals surface area contributed by atoms with Gasteiger partial charge in [0, 0.05) is 17.3 Å². The average molecular weight is 340 g/mol. The summed E-state index contributed by atoms with van der Waals surface area (Å²) >= 11 is 0. The molecule has 3 saturated carbocycles. The number of hydrogen-bond acceptors (Lipinski definition) is 3. The fourth-order valence-electron chi connectivity index (χ4n) is 6.74. The molecule has 0 aliphatic heterocycles. The second-order valence-electron chi connectivity index (χ2n) is 9.22. The Morgan fingerprint density at radius 2 is 1.92 bits per heavy atom. The molecule has 0 radical (unpaired) electrons. The monoisotopic (exact) mass is 340 g/mol. The van der Waals surface area contributed by atoms with Crippen molar-refractivity contribution in [2.45, 2.75) is 70.0 Å². The molecule has 0 unspecified atom stereocenters. The van der Waals surface area contributed by atoms with Gasteiger partial charge < -0.3 is 10.2 Å². The number of rotatable bonds is 0. The minimum absolute atomic E-state index is 0.0840. The smallest absolute Gasteiger partial charge is 0.155 e. The molecule has 0 aromatic heterocycles. The average Bonchev–Trinajstić information content (AvgIpc) is 2.78. The molecule has 134 valence electrons. The van der Waals surface area contributed by atoms with E-state index < -0.39 is 16.6 Å². The Hall–Kier alpha value is -1.37. The third-order valence-corrected chi connectivity index (χ3v) is 8.55. The molecule has 4 aliphatic rings. The van der Waals surface area contributed by atoms with E-state index in [0.717, 1.165) is 24.0 Å². The maximum Gasteiger partial charge on any atom is 0.155 e. The van der Waals surface area contributed by atoms with Gasteiger partial charge in [0.1, 0.15) is 0 Å². The summed E-state index contributed by atoms with van der Waals surface area (Å²) in [5, 5.41) is 23.1. The van der Waals surface area contributed by atoms with Crippen molar-refractivity contribution in [2.24, 2.45) is 22.7 Å². The van der Waals surface area contributed by atoms with Gasteiger partial charge in [0.05, 0.1) is 5.60 Å². The van der Waals surface area contributed by atoms with Crippen LogP contribution in [0.5, 0.6) is 0 Å². The van der Waals surface area contributed by atoms with Crippen molar-refractivity contribution in [1.29, 1.82) is 0 Å². The molecule has 0 aromatic carbocycles. The third-order valence-electron chi connectivity index (χ3n) is 8.55. The molecule has 3 heteroatoms. The maximum atomic E-state index is 11.9. The second-order valence-corrected chi connectivity index (χ2v) is 9.22. The Labute approximate surface area is 150 Å². The van der Waals surface area contributed by atoms with Crippen LogP contribution < -0.4 is 0 Å². The summed E-state index contributed by atoms with van der Waals surface area (Å²) in [6.45, 7) is 8.30. The largest absolute Gasteiger partial charge is 0.389 e. The first kappa shape index (κ1) is 17.1. The molecule has 4 rings (SSSR count). The van der Waals surface area contributed by atoms with E-state index >= 15 is 0 Å². The number of terminal acetylenes is 1. The highest BCUT2D eigenvalue weighted by atomic mass is 16.3. The summed E-state index contributed by atoms with van der Waals surface area (Å²) in [4.78, 5) is 11.9. The van der Waals surface area contributed by atoms with Crippen LogP contribution in [0.1, 0.15) is 58.8 Å². The number of fused-ring (bicyclic) bond motifs is 5. The fourth-order valence-corrected chi connectivity index (χ4v) is 6.74. The van der Waals surface area contributed by atoms with Crippen LogP contribution in [0.2, 0.25) is 0 Å². The summed E-state index contributed by atoms with van der Waals surface area (Å²) in [5.41, 5.74) is -1.05. The van der Waals surface area contributed by atoms with E-state index in [9.17, 15) is 15.0 Å². The molecule has 0 amide bonds. The highest BCUT2D eigenvalue weighted by Gasteiger charge is 2.69. The van der Waals surface area contributed by atoms with E-state index in [1.54, 1.807) is 6.08 Å². The van der Waals surface area contributed by atoms with Crippen molar-refractivity contribution < 1.29 is 15.0 Å². The lowest BCUT2D eigenvalue weighted by Crippen LogP contribution is -2.64. The van der Waals surface area contributed by atoms with Gasteiger partial charge in [0.15, 0.2) is 11.4 Å². The minimum atomic E-state index is -1.28. The second kappa shape index (κ2) is 4.87. The van der Waals surface area contributed by atoms with Gasteiger partial charge in [-0.25, -0.2) is 0 Å². The van der Waals surface area contributed by atoms with Gasteiger partial charge >= 0.3 is 0 Å². The van der Waals surface area contributed by atoms with Crippen LogP contribution >= 0.6 is 0 Å². The highest BCUT2D eigenvalue weighted by Crippen LogP contribution is 2.69. The molecular weight excluding hydrogens is 312 g/mol. The van der Waals surface area contributed by atoms with Gasteiger partial charge in [-0.3, -0.25) is 4.79 Å². The van der Waals surface area contributed by atoms with E-state index in [2.05, 4.69) is 26.3 Å². The van der Waals surface area contributed by atoms with Crippen molar-refractivity contribution in [3.63, 3.8) is 0 Å². The highest BCUT2D eigenvalue weighted by molar-refractivity contribution is 5.91. The zero-order chi connectivity index (χ0) is 18.3. The standard InChI is InChI=1S/C22H28O3/c1-5-21(24)14(2)12-18-17-7-6-15-13-16(23)8-9-19(15,3)22(17,25)11-10-20(18,21)4/h1,13,17-18,24-25H,2,6-12H2,3-4H3/t17-,18-,19-,20-,21-,22+/m0/s1. The number of aliphatic hydroxyl groups is 2. The zero-order valence-electron chi connectivity index (χ0n) is 15.3. The van der Waals surface area contributed by atoms with E-state index in [-0.39, 0.29) is 23.0 Å². The Kier molecular flexibility index (Phi) is 3.32. The Morgan fingerprint density at radius 1 is 1.20 bits per heavy atom. The Bertz CT molecular complexity index is 743. The lowest BCUT2D eigenvalue weighted by Gasteiger charge is -2.63. The number of hydrogen-bond donors (Lipinski definition) is 2. The SMILES string of the molecule is C#C[C@]1(O)C(=C)C[C@H]2[C@@H]3CCC4=CC(=O)CC[C@]4(C)[C@@]3(O)CC[C@@]21C. The quantitative estimate of drug-likeness (QED) is 0.526. The van der Waals surface area contributed by atoms with Crippen LogP contribution in [0.4, 0.5) is 0 Å². The molecule has 0 heterocycles. The molecule has 4 aliphatic carbocycles. The maximum absolute atomic E-state index is 11.9. The van der Waals surface area contributed by atoms with Crippen molar-refractivity contribution in [3.8, 4) is 12.3 Å². The topological polar surface area (TPSA) is 57.5 Å². The van der Waals surface area contributed by atoms with Crippen LogP contribution in [0.3, 0.4) is 0 Å². The number of ketones is 1. The predicted octanol–water partition coefficient (Wildman–Crippen LogP) is 3.16. The summed E-state index contributed by atoms with van der Waals surface area (Å²) in [6, 6.07) is 0. The lowest BCUT2D eigenvalue weighted by molar-refractivity contribution is -0.201. The van der Waals surface area contributed by atoms with Gasteiger partial charge in [-0.2, -0.15) is 0 Å². The van der Waals surface area contributed by atoms with Crippen LogP contribution in [0, 0.1) is 35.0 Å². The van der Waals surface area contributed by atoms with E-state index in [4.69, 9.17) is 6.42 Å². The predicted molar refractivity (Wildman–Crippen MR) is 96.5 cm³/mol. The summed E-state index contributed by atoms with van der Waals surface area (Å²) in [5.74, 6) is 3.03. The van der Waals surface area contributed by atoms with Gasteiger partial charge in [0.25, 0.3) is 0 Å². The van der Waals surface area contributed by atoms with E-state index in [1.165, 1.54) is 0 Å². The summed E-state index contributed by atoms with van der Waals surface area (Å²) in [6.07, 6.45) is 12.4. The molecular formula is C22H28O3. The molecule has 0 aromatic rings. The number of carbonyl (C=O) groups excluding carboxylic acids is 1. The van der Waals surface area contributed by atoms with Gasteiger partial charge in [-0.05, 0) is 62.0 Å². The van der Waals surface area contributed by atoms with Gasteiger partial charge in [0.2, 0.25) is 0 Å². The number of carbonyl (C=O) groups is 1. The third kappa shape index (κ3) is 1.78. The first-order chi connectivity index (χ1) is 11.6. The summed E-state index contributed by atoms with van der Waals surface area (Å²) in [7, 11) is 0. The summed E-state index contributed by atoms with van der Waals surface area (Å²) < 4.78 is 0. The van der Waals surface area contributed by atoms with Crippen LogP contribution in [-0.4, -0.2) is 27.2 Å². The van der Waals surface area contributed by atoms with Gasteiger partial charge in [-0.1, -0.05) is 31.9 Å². The van der Waals surface area contributed by atoms with Crippen LogP contribution in [-0.2, 0) is 4.79 Å².